The first-order valence-electron chi connectivity index (χ1n) is 7.34. The Morgan fingerprint density at radius 1 is 1.25 bits per heavy atom. The highest BCUT2D eigenvalue weighted by atomic mass is 16.1. The zero-order valence-electron chi connectivity index (χ0n) is 12.4. The lowest BCUT2D eigenvalue weighted by molar-refractivity contribution is -0.123. The molecule has 110 valence electrons. The van der Waals surface area contributed by atoms with Gasteiger partial charge in [0.1, 0.15) is 0 Å². The van der Waals surface area contributed by atoms with Gasteiger partial charge in [0, 0.05) is 18.0 Å². The Kier molecular flexibility index (Phi) is 4.78. The number of likely N-dealkylation sites (tertiary alicyclic amines) is 1. The highest BCUT2D eigenvalue weighted by Crippen LogP contribution is 2.28. The molecule has 2 rings (SSSR count). The number of piperidine rings is 1. The molecule has 20 heavy (non-hydrogen) atoms. The van der Waals surface area contributed by atoms with Crippen molar-refractivity contribution in [3.63, 3.8) is 0 Å². The van der Waals surface area contributed by atoms with Crippen molar-refractivity contribution >= 4 is 5.91 Å². The lowest BCUT2D eigenvalue weighted by atomic mass is 9.91. The minimum absolute atomic E-state index is 0.0259. The molecule has 1 aromatic rings. The normalized spacial score (nSPS) is 20.6. The van der Waals surface area contributed by atoms with E-state index in [2.05, 4.69) is 36.1 Å². The van der Waals surface area contributed by atoms with Crippen LogP contribution in [0.4, 0.5) is 0 Å². The number of nitrogens with two attached hydrogens (primary N) is 2. The lowest BCUT2D eigenvalue weighted by Gasteiger charge is -2.39. The second-order valence-corrected chi connectivity index (χ2v) is 5.93. The molecule has 0 saturated carbocycles. The van der Waals surface area contributed by atoms with Crippen LogP contribution in [-0.2, 0) is 4.79 Å². The van der Waals surface area contributed by atoms with Crippen molar-refractivity contribution < 1.29 is 4.79 Å². The molecule has 1 aromatic carbocycles. The van der Waals surface area contributed by atoms with Gasteiger partial charge in [-0.15, -0.1) is 0 Å². The maximum atomic E-state index is 11.3. The molecule has 1 saturated heterocycles. The summed E-state index contributed by atoms with van der Waals surface area (Å²) in [5.74, 6) is -0.143. The van der Waals surface area contributed by atoms with Crippen molar-refractivity contribution in [1.82, 2.24) is 4.90 Å². The van der Waals surface area contributed by atoms with Gasteiger partial charge in [-0.05, 0) is 45.3 Å². The molecule has 0 aliphatic carbocycles. The van der Waals surface area contributed by atoms with E-state index in [0.717, 1.165) is 25.9 Å². The number of carbonyl (C=O) groups excluding carboxylic acids is 1. The molecule has 0 aromatic heterocycles. The van der Waals surface area contributed by atoms with E-state index in [0.29, 0.717) is 0 Å². The topological polar surface area (TPSA) is 72.3 Å². The van der Waals surface area contributed by atoms with Crippen LogP contribution in [0.2, 0.25) is 0 Å². The third-order valence-corrected chi connectivity index (χ3v) is 4.24. The number of benzene rings is 1. The van der Waals surface area contributed by atoms with Gasteiger partial charge in [0.15, 0.2) is 0 Å². The van der Waals surface area contributed by atoms with Gasteiger partial charge in [-0.1, -0.05) is 29.8 Å². The molecule has 1 fully saturated rings. The first-order valence-corrected chi connectivity index (χ1v) is 7.34. The van der Waals surface area contributed by atoms with Gasteiger partial charge in [-0.2, -0.15) is 0 Å². The summed E-state index contributed by atoms with van der Waals surface area (Å²) in [6.07, 6.45) is 1.68. The van der Waals surface area contributed by atoms with E-state index in [4.69, 9.17) is 11.5 Å². The van der Waals surface area contributed by atoms with Crippen molar-refractivity contribution in [3.05, 3.63) is 35.4 Å². The fourth-order valence-corrected chi connectivity index (χ4v) is 3.07. The molecule has 1 aliphatic heterocycles. The smallest absolute Gasteiger partial charge is 0.220 e. The number of rotatable bonds is 4. The number of primary amides is 1. The molecule has 0 bridgehead atoms. The molecular formula is C16H25N3O. The van der Waals surface area contributed by atoms with E-state index in [-0.39, 0.29) is 23.9 Å². The van der Waals surface area contributed by atoms with Crippen LogP contribution in [0, 0.1) is 12.8 Å². The molecule has 1 heterocycles. The SMILES string of the molecule is Cc1ccc(C(C(C)N)N2CCC(C(N)=O)CC2)cc1. The Bertz CT molecular complexity index is 447. The predicted molar refractivity (Wildman–Crippen MR) is 81.1 cm³/mol. The summed E-state index contributed by atoms with van der Waals surface area (Å²) in [5, 5.41) is 0. The Labute approximate surface area is 121 Å². The molecule has 1 amide bonds. The Balaban J connectivity index is 2.10. The van der Waals surface area contributed by atoms with Gasteiger partial charge in [0.25, 0.3) is 0 Å². The summed E-state index contributed by atoms with van der Waals surface area (Å²) in [4.78, 5) is 13.6. The molecule has 2 atom stereocenters. The summed E-state index contributed by atoms with van der Waals surface area (Å²) in [6, 6.07) is 8.83. The van der Waals surface area contributed by atoms with Gasteiger partial charge in [0.2, 0.25) is 5.91 Å². The number of aryl methyl sites for hydroxylation is 1. The second kappa shape index (κ2) is 6.37. The van der Waals surface area contributed by atoms with Crippen molar-refractivity contribution in [3.8, 4) is 0 Å². The van der Waals surface area contributed by atoms with Gasteiger partial charge in [-0.25, -0.2) is 0 Å². The molecule has 0 spiro atoms. The van der Waals surface area contributed by atoms with Gasteiger partial charge >= 0.3 is 0 Å². The first-order chi connectivity index (χ1) is 9.49. The summed E-state index contributed by atoms with van der Waals surface area (Å²) in [6.45, 7) is 5.90. The minimum Gasteiger partial charge on any atom is -0.369 e. The molecule has 0 radical (unpaired) electrons. The van der Waals surface area contributed by atoms with Gasteiger partial charge < -0.3 is 11.5 Å². The van der Waals surface area contributed by atoms with E-state index < -0.39 is 0 Å². The van der Waals surface area contributed by atoms with E-state index in [1.54, 1.807) is 0 Å². The van der Waals surface area contributed by atoms with E-state index in [9.17, 15) is 4.79 Å². The van der Waals surface area contributed by atoms with Gasteiger partial charge in [0.05, 0.1) is 0 Å². The molecule has 4 nitrogen and oxygen atoms in total. The number of hydrogen-bond donors (Lipinski definition) is 2. The number of hydrogen-bond acceptors (Lipinski definition) is 3. The fraction of sp³-hybridized carbons (Fsp3) is 0.562. The maximum absolute atomic E-state index is 11.3. The summed E-state index contributed by atoms with van der Waals surface area (Å²) >= 11 is 0. The van der Waals surface area contributed by atoms with Crippen molar-refractivity contribution in [2.24, 2.45) is 17.4 Å². The van der Waals surface area contributed by atoms with E-state index in [1.807, 2.05) is 6.92 Å². The first kappa shape index (κ1) is 15.0. The van der Waals surface area contributed by atoms with Crippen LogP contribution in [0.15, 0.2) is 24.3 Å². The van der Waals surface area contributed by atoms with Crippen LogP contribution in [-0.4, -0.2) is 29.9 Å². The quantitative estimate of drug-likeness (QED) is 0.876. The second-order valence-electron chi connectivity index (χ2n) is 5.93. The lowest BCUT2D eigenvalue weighted by Crippen LogP contribution is -2.45. The van der Waals surface area contributed by atoms with Crippen LogP contribution in [0.25, 0.3) is 0 Å². The number of nitrogens with zero attached hydrogens (tertiary/aromatic N) is 1. The Hall–Kier alpha value is -1.39. The Morgan fingerprint density at radius 2 is 1.80 bits per heavy atom. The van der Waals surface area contributed by atoms with Crippen molar-refractivity contribution in [2.45, 2.75) is 38.8 Å². The zero-order valence-corrected chi connectivity index (χ0v) is 12.4. The predicted octanol–water partition coefficient (Wildman–Crippen LogP) is 1.58. The highest BCUT2D eigenvalue weighted by Gasteiger charge is 2.30. The summed E-state index contributed by atoms with van der Waals surface area (Å²) in [7, 11) is 0. The summed E-state index contributed by atoms with van der Waals surface area (Å²) < 4.78 is 0. The highest BCUT2D eigenvalue weighted by molar-refractivity contribution is 5.76. The van der Waals surface area contributed by atoms with E-state index >= 15 is 0 Å². The largest absolute Gasteiger partial charge is 0.369 e. The monoisotopic (exact) mass is 275 g/mol. The van der Waals surface area contributed by atoms with Crippen molar-refractivity contribution in [2.75, 3.05) is 13.1 Å². The molecule has 1 aliphatic rings. The standard InChI is InChI=1S/C16H25N3O/c1-11-3-5-13(6-4-11)15(12(2)17)19-9-7-14(8-10-19)16(18)20/h3-6,12,14-15H,7-10,17H2,1-2H3,(H2,18,20). The Morgan fingerprint density at radius 3 is 2.25 bits per heavy atom. The maximum Gasteiger partial charge on any atom is 0.220 e. The fourth-order valence-electron chi connectivity index (χ4n) is 3.07. The summed E-state index contributed by atoms with van der Waals surface area (Å²) in [5.41, 5.74) is 14.1. The number of amides is 1. The van der Waals surface area contributed by atoms with Crippen LogP contribution in [0.5, 0.6) is 0 Å². The molecule has 4 N–H and O–H groups in total. The van der Waals surface area contributed by atoms with Gasteiger partial charge in [-0.3, -0.25) is 9.69 Å². The zero-order chi connectivity index (χ0) is 14.7. The molecular weight excluding hydrogens is 250 g/mol. The van der Waals surface area contributed by atoms with Crippen LogP contribution >= 0.6 is 0 Å². The third kappa shape index (κ3) is 3.38. The minimum atomic E-state index is -0.169. The van der Waals surface area contributed by atoms with E-state index in [1.165, 1.54) is 11.1 Å². The third-order valence-electron chi connectivity index (χ3n) is 4.24. The molecule has 4 heteroatoms. The molecule has 2 unspecified atom stereocenters. The van der Waals surface area contributed by atoms with Crippen LogP contribution < -0.4 is 11.5 Å². The van der Waals surface area contributed by atoms with Crippen LogP contribution in [0.1, 0.15) is 36.9 Å². The average Bonchev–Trinajstić information content (AvgIpc) is 2.41. The average molecular weight is 275 g/mol. The van der Waals surface area contributed by atoms with Crippen LogP contribution in [0.3, 0.4) is 0 Å². The number of carbonyl (C=O) groups is 1. The van der Waals surface area contributed by atoms with Crippen molar-refractivity contribution in [1.29, 1.82) is 0 Å².